The van der Waals surface area contributed by atoms with Gasteiger partial charge in [-0.3, -0.25) is 4.79 Å². The van der Waals surface area contributed by atoms with Gasteiger partial charge in [0.1, 0.15) is 0 Å². The van der Waals surface area contributed by atoms with E-state index in [4.69, 9.17) is 13.9 Å². The molecule has 1 amide bonds. The van der Waals surface area contributed by atoms with Crippen LogP contribution in [0.15, 0.2) is 22.6 Å². The molecule has 1 aliphatic heterocycles. The van der Waals surface area contributed by atoms with Crippen molar-refractivity contribution in [3.8, 4) is 11.5 Å². The van der Waals surface area contributed by atoms with E-state index in [2.05, 4.69) is 10.2 Å². The molecule has 10 heteroatoms. The molecule has 1 fully saturated rings. The Balaban J connectivity index is 1.65. The van der Waals surface area contributed by atoms with Crippen molar-refractivity contribution in [3.05, 3.63) is 35.5 Å². The van der Waals surface area contributed by atoms with E-state index >= 15 is 0 Å². The molecule has 1 aliphatic rings. The van der Waals surface area contributed by atoms with E-state index in [-0.39, 0.29) is 17.7 Å². The number of hydrogen-bond acceptors (Lipinski definition) is 6. The topological polar surface area (TPSA) is 77.7 Å². The monoisotopic (exact) mass is 413 g/mol. The predicted molar refractivity (Wildman–Crippen MR) is 96.0 cm³/mol. The van der Waals surface area contributed by atoms with Gasteiger partial charge in [-0.2, -0.15) is 13.2 Å². The minimum absolute atomic E-state index is 0.0378. The van der Waals surface area contributed by atoms with Crippen molar-refractivity contribution in [1.82, 2.24) is 15.1 Å². The molecule has 1 saturated heterocycles. The van der Waals surface area contributed by atoms with Gasteiger partial charge in [-0.1, -0.05) is 0 Å². The van der Waals surface area contributed by atoms with Crippen LogP contribution in [0.2, 0.25) is 0 Å². The lowest BCUT2D eigenvalue weighted by Crippen LogP contribution is -2.38. The van der Waals surface area contributed by atoms with E-state index in [1.165, 1.54) is 0 Å². The first-order valence-electron chi connectivity index (χ1n) is 9.43. The number of piperidine rings is 1. The number of halogens is 3. The molecule has 0 N–H and O–H groups in total. The van der Waals surface area contributed by atoms with Gasteiger partial charge in [0.05, 0.1) is 13.2 Å². The lowest BCUT2D eigenvalue weighted by molar-refractivity contribution is -0.157. The van der Waals surface area contributed by atoms with E-state index < -0.39 is 12.1 Å². The predicted octanol–water partition coefficient (Wildman–Crippen LogP) is 3.91. The maximum atomic E-state index is 12.8. The van der Waals surface area contributed by atoms with Gasteiger partial charge in [-0.25, -0.2) is 0 Å². The van der Waals surface area contributed by atoms with Gasteiger partial charge >= 0.3 is 12.1 Å². The molecule has 0 bridgehead atoms. The fraction of sp³-hybridized carbons (Fsp3) is 0.526. The SMILES string of the molecule is CCOc1ccc(C(=O)N2CCC(c3nnc(C(F)(F)F)o3)CC2)cc1OCC. The first kappa shape index (κ1) is 20.9. The number of alkyl halides is 3. The Morgan fingerprint density at radius 2 is 1.79 bits per heavy atom. The molecule has 0 saturated carbocycles. The second-order valence-corrected chi connectivity index (χ2v) is 6.54. The molecule has 1 aromatic carbocycles. The maximum absolute atomic E-state index is 12.8. The van der Waals surface area contributed by atoms with Crippen LogP contribution in [0.25, 0.3) is 0 Å². The van der Waals surface area contributed by atoms with Gasteiger partial charge in [0.25, 0.3) is 5.91 Å². The van der Waals surface area contributed by atoms with E-state index in [0.29, 0.717) is 56.2 Å². The minimum atomic E-state index is -4.66. The van der Waals surface area contributed by atoms with Gasteiger partial charge in [0.2, 0.25) is 5.89 Å². The number of ether oxygens (including phenoxy) is 2. The Bertz CT molecular complexity index is 845. The first-order valence-corrected chi connectivity index (χ1v) is 9.43. The Morgan fingerprint density at radius 1 is 1.14 bits per heavy atom. The third kappa shape index (κ3) is 4.80. The summed E-state index contributed by atoms with van der Waals surface area (Å²) in [6.07, 6.45) is -3.77. The molecule has 3 rings (SSSR count). The summed E-state index contributed by atoms with van der Waals surface area (Å²) in [7, 11) is 0. The highest BCUT2D eigenvalue weighted by Gasteiger charge is 2.39. The van der Waals surface area contributed by atoms with Crippen molar-refractivity contribution in [2.45, 2.75) is 38.8 Å². The summed E-state index contributed by atoms with van der Waals surface area (Å²) in [5.74, 6) is -0.786. The smallest absolute Gasteiger partial charge is 0.470 e. The first-order chi connectivity index (χ1) is 13.8. The molecular weight excluding hydrogens is 391 g/mol. The summed E-state index contributed by atoms with van der Waals surface area (Å²) in [5, 5.41) is 6.59. The van der Waals surface area contributed by atoms with Crippen LogP contribution < -0.4 is 9.47 Å². The van der Waals surface area contributed by atoms with Crippen LogP contribution in [0.1, 0.15) is 54.7 Å². The zero-order valence-electron chi connectivity index (χ0n) is 16.2. The quantitative estimate of drug-likeness (QED) is 0.715. The molecule has 1 aromatic heterocycles. The number of hydrogen-bond donors (Lipinski definition) is 0. The number of likely N-dealkylation sites (tertiary alicyclic amines) is 1. The standard InChI is InChI=1S/C19H22F3N3O4/c1-3-27-14-6-5-13(11-15(14)28-4-2)17(26)25-9-7-12(8-10-25)16-23-24-18(29-16)19(20,21)22/h5-6,11-12H,3-4,7-10H2,1-2H3. The molecule has 158 valence electrons. The Kier molecular flexibility index (Phi) is 6.29. The van der Waals surface area contributed by atoms with Crippen molar-refractivity contribution in [1.29, 1.82) is 0 Å². The molecule has 0 radical (unpaired) electrons. The van der Waals surface area contributed by atoms with Gasteiger partial charge in [-0.05, 0) is 44.9 Å². The van der Waals surface area contributed by atoms with Crippen molar-refractivity contribution in [3.63, 3.8) is 0 Å². The fourth-order valence-electron chi connectivity index (χ4n) is 3.21. The summed E-state index contributed by atoms with van der Waals surface area (Å²) < 4.78 is 53.7. The number of amides is 1. The molecule has 0 aliphatic carbocycles. The number of carbonyl (C=O) groups excluding carboxylic acids is 1. The molecule has 2 heterocycles. The van der Waals surface area contributed by atoms with Gasteiger partial charge in [-0.15, -0.1) is 10.2 Å². The average Bonchev–Trinajstić information content (AvgIpc) is 3.20. The molecule has 0 atom stereocenters. The Hall–Kier alpha value is -2.78. The highest BCUT2D eigenvalue weighted by Crippen LogP contribution is 2.33. The maximum Gasteiger partial charge on any atom is 0.470 e. The summed E-state index contributed by atoms with van der Waals surface area (Å²) in [6.45, 7) is 5.38. The molecule has 7 nitrogen and oxygen atoms in total. The van der Waals surface area contributed by atoms with E-state index in [0.717, 1.165) is 0 Å². The summed E-state index contributed by atoms with van der Waals surface area (Å²) >= 11 is 0. The highest BCUT2D eigenvalue weighted by molar-refractivity contribution is 5.95. The Labute approximate surface area is 165 Å². The second-order valence-electron chi connectivity index (χ2n) is 6.54. The minimum Gasteiger partial charge on any atom is -0.490 e. The van der Waals surface area contributed by atoms with Crippen molar-refractivity contribution in [2.75, 3.05) is 26.3 Å². The van der Waals surface area contributed by atoms with Crippen LogP contribution in [0.3, 0.4) is 0 Å². The number of nitrogens with zero attached hydrogens (tertiary/aromatic N) is 3. The summed E-state index contributed by atoms with van der Waals surface area (Å²) in [6, 6.07) is 5.03. The number of aromatic nitrogens is 2. The summed E-state index contributed by atoms with van der Waals surface area (Å²) in [5.41, 5.74) is 0.465. The van der Waals surface area contributed by atoms with E-state index in [1.54, 1.807) is 23.1 Å². The number of carbonyl (C=O) groups is 1. The molecule has 0 spiro atoms. The largest absolute Gasteiger partial charge is 0.490 e. The van der Waals surface area contributed by atoms with Gasteiger partial charge in [0, 0.05) is 24.6 Å². The second kappa shape index (κ2) is 8.71. The van der Waals surface area contributed by atoms with Crippen LogP contribution in [-0.4, -0.2) is 47.3 Å². The van der Waals surface area contributed by atoms with Crippen LogP contribution in [0, 0.1) is 0 Å². The summed E-state index contributed by atoms with van der Waals surface area (Å²) in [4.78, 5) is 14.5. The molecule has 0 unspecified atom stereocenters. The lowest BCUT2D eigenvalue weighted by Gasteiger charge is -2.30. The van der Waals surface area contributed by atoms with Crippen LogP contribution >= 0.6 is 0 Å². The molecule has 2 aromatic rings. The normalized spacial score (nSPS) is 15.4. The van der Waals surface area contributed by atoms with Crippen molar-refractivity contribution >= 4 is 5.91 Å². The van der Waals surface area contributed by atoms with Crippen molar-refractivity contribution < 1.29 is 31.9 Å². The zero-order chi connectivity index (χ0) is 21.0. The lowest BCUT2D eigenvalue weighted by atomic mass is 9.96. The van der Waals surface area contributed by atoms with Crippen LogP contribution in [0.5, 0.6) is 11.5 Å². The highest BCUT2D eigenvalue weighted by atomic mass is 19.4. The van der Waals surface area contributed by atoms with Crippen LogP contribution in [-0.2, 0) is 6.18 Å². The third-order valence-corrected chi connectivity index (χ3v) is 4.60. The molecule has 29 heavy (non-hydrogen) atoms. The van der Waals surface area contributed by atoms with Crippen molar-refractivity contribution in [2.24, 2.45) is 0 Å². The van der Waals surface area contributed by atoms with E-state index in [1.807, 2.05) is 13.8 Å². The van der Waals surface area contributed by atoms with Crippen LogP contribution in [0.4, 0.5) is 13.2 Å². The zero-order valence-corrected chi connectivity index (χ0v) is 16.2. The Morgan fingerprint density at radius 3 is 2.38 bits per heavy atom. The average molecular weight is 413 g/mol. The number of benzene rings is 1. The number of rotatable bonds is 6. The van der Waals surface area contributed by atoms with Gasteiger partial charge < -0.3 is 18.8 Å². The van der Waals surface area contributed by atoms with E-state index in [9.17, 15) is 18.0 Å². The van der Waals surface area contributed by atoms with Gasteiger partial charge in [0.15, 0.2) is 11.5 Å². The third-order valence-electron chi connectivity index (χ3n) is 4.60. The fourth-order valence-corrected chi connectivity index (χ4v) is 3.21. The molecular formula is C19H22F3N3O4.